The zero-order chi connectivity index (χ0) is 20.1. The van der Waals surface area contributed by atoms with Gasteiger partial charge in [-0.3, -0.25) is 9.69 Å². The van der Waals surface area contributed by atoms with E-state index in [4.69, 9.17) is 4.74 Å². The normalized spacial score (nSPS) is 30.7. The van der Waals surface area contributed by atoms with E-state index in [0.717, 1.165) is 62.2 Å². The number of rotatable bonds is 2. The first kappa shape index (κ1) is 19.0. The Morgan fingerprint density at radius 1 is 1.21 bits per heavy atom. The lowest BCUT2D eigenvalue weighted by Crippen LogP contribution is -2.53. The van der Waals surface area contributed by atoms with Crippen LogP contribution in [0.15, 0.2) is 18.2 Å². The number of halogens is 1. The number of nitrogens with one attached hydrogen (secondary N) is 1. The Balaban J connectivity index is 1.33. The van der Waals surface area contributed by atoms with Gasteiger partial charge in [0, 0.05) is 43.1 Å². The van der Waals surface area contributed by atoms with Gasteiger partial charge in [-0.15, -0.1) is 0 Å². The molecule has 0 unspecified atom stereocenters. The van der Waals surface area contributed by atoms with Crippen LogP contribution in [0, 0.1) is 24.6 Å². The van der Waals surface area contributed by atoms with Gasteiger partial charge < -0.3 is 19.7 Å². The molecule has 5 rings (SSSR count). The van der Waals surface area contributed by atoms with E-state index in [1.807, 2.05) is 11.8 Å². The first-order chi connectivity index (χ1) is 14.0. The van der Waals surface area contributed by atoms with E-state index in [1.165, 1.54) is 12.1 Å². The highest BCUT2D eigenvalue weighted by Crippen LogP contribution is 2.39. The van der Waals surface area contributed by atoms with Crippen LogP contribution in [0.3, 0.4) is 0 Å². The number of likely N-dealkylation sites (tertiary alicyclic amines) is 1. The molecule has 156 valence electrons. The van der Waals surface area contributed by atoms with E-state index in [0.29, 0.717) is 24.1 Å². The number of nitrogens with zero attached hydrogens (tertiary/aromatic N) is 2. The molecular weight excluding hydrogens is 373 g/mol. The largest absolute Gasteiger partial charge is 0.391 e. The highest BCUT2D eigenvalue weighted by atomic mass is 19.1. The smallest absolute Gasteiger partial charge is 0.270 e. The van der Waals surface area contributed by atoms with Crippen molar-refractivity contribution in [3.05, 3.63) is 35.3 Å². The molecule has 1 saturated carbocycles. The monoisotopic (exact) mass is 401 g/mol. The Labute approximate surface area is 169 Å². The number of aromatic amines is 1. The van der Waals surface area contributed by atoms with Crippen LogP contribution < -0.4 is 0 Å². The molecule has 0 spiro atoms. The highest BCUT2D eigenvalue weighted by molar-refractivity contribution is 6.01. The number of fused-ring (bicyclic) bond motifs is 2. The molecule has 3 heterocycles. The third-order valence-corrected chi connectivity index (χ3v) is 7.15. The predicted molar refractivity (Wildman–Crippen MR) is 107 cm³/mol. The van der Waals surface area contributed by atoms with Gasteiger partial charge in [0.2, 0.25) is 0 Å². The van der Waals surface area contributed by atoms with Crippen LogP contribution in [0.2, 0.25) is 0 Å². The number of aryl methyl sites for hydroxylation is 1. The summed E-state index contributed by atoms with van der Waals surface area (Å²) in [5, 5.41) is 11.5. The van der Waals surface area contributed by atoms with Crippen molar-refractivity contribution in [1.82, 2.24) is 14.8 Å². The van der Waals surface area contributed by atoms with Gasteiger partial charge in [0.15, 0.2) is 0 Å². The molecule has 1 aromatic carbocycles. The summed E-state index contributed by atoms with van der Waals surface area (Å²) in [5.41, 5.74) is 2.13. The van der Waals surface area contributed by atoms with Crippen LogP contribution in [0.1, 0.15) is 28.9 Å². The molecule has 4 atom stereocenters. The van der Waals surface area contributed by atoms with Crippen molar-refractivity contribution in [1.29, 1.82) is 0 Å². The maximum absolute atomic E-state index is 13.6. The molecule has 3 fully saturated rings. The summed E-state index contributed by atoms with van der Waals surface area (Å²) in [6.45, 7) is 6.45. The van der Waals surface area contributed by atoms with Crippen LogP contribution in [0.4, 0.5) is 4.39 Å². The third-order valence-electron chi connectivity index (χ3n) is 7.15. The van der Waals surface area contributed by atoms with Crippen LogP contribution in [-0.4, -0.2) is 77.3 Å². The van der Waals surface area contributed by atoms with E-state index in [-0.39, 0.29) is 23.9 Å². The molecule has 0 bridgehead atoms. The number of amides is 1. The quantitative estimate of drug-likeness (QED) is 0.809. The summed E-state index contributed by atoms with van der Waals surface area (Å²) in [5.74, 6) is 0.436. The maximum Gasteiger partial charge on any atom is 0.270 e. The lowest BCUT2D eigenvalue weighted by molar-refractivity contribution is -0.0520. The number of hydrogen-bond acceptors (Lipinski definition) is 4. The molecule has 1 amide bonds. The fourth-order valence-corrected chi connectivity index (χ4v) is 5.55. The molecule has 2 saturated heterocycles. The van der Waals surface area contributed by atoms with Gasteiger partial charge in [0.25, 0.3) is 5.91 Å². The van der Waals surface area contributed by atoms with Gasteiger partial charge in [-0.1, -0.05) is 0 Å². The van der Waals surface area contributed by atoms with Crippen LogP contribution >= 0.6 is 0 Å². The topological polar surface area (TPSA) is 68.8 Å². The van der Waals surface area contributed by atoms with Gasteiger partial charge in [-0.2, -0.15) is 0 Å². The van der Waals surface area contributed by atoms with Crippen molar-refractivity contribution in [3.8, 4) is 0 Å². The van der Waals surface area contributed by atoms with E-state index in [1.54, 1.807) is 6.07 Å². The number of H-pyrrole nitrogens is 1. The van der Waals surface area contributed by atoms with Crippen molar-refractivity contribution in [3.63, 3.8) is 0 Å². The molecule has 6 nitrogen and oxygen atoms in total. The summed E-state index contributed by atoms with van der Waals surface area (Å²) in [7, 11) is 0. The fourth-order valence-electron chi connectivity index (χ4n) is 5.55. The number of carbonyl (C=O) groups is 1. The van der Waals surface area contributed by atoms with Crippen LogP contribution in [-0.2, 0) is 4.74 Å². The number of carbonyl (C=O) groups excluding carboxylic acids is 1. The number of aliphatic hydroxyl groups excluding tert-OH is 1. The molecule has 1 aliphatic carbocycles. The summed E-state index contributed by atoms with van der Waals surface area (Å²) >= 11 is 0. The zero-order valence-electron chi connectivity index (χ0n) is 16.7. The summed E-state index contributed by atoms with van der Waals surface area (Å²) in [6, 6.07) is 4.73. The van der Waals surface area contributed by atoms with Gasteiger partial charge >= 0.3 is 0 Å². The minimum absolute atomic E-state index is 0.0223. The number of ether oxygens (including phenoxy) is 1. The number of benzene rings is 1. The third kappa shape index (κ3) is 3.35. The van der Waals surface area contributed by atoms with E-state index >= 15 is 0 Å². The van der Waals surface area contributed by atoms with Gasteiger partial charge in [-0.25, -0.2) is 4.39 Å². The Hall–Kier alpha value is -1.96. The fraction of sp³-hybridized carbons (Fsp3) is 0.591. The molecule has 1 aromatic heterocycles. The number of morpholine rings is 1. The lowest BCUT2D eigenvalue weighted by atomic mass is 9.77. The summed E-state index contributed by atoms with van der Waals surface area (Å²) < 4.78 is 19.1. The number of aromatic nitrogens is 1. The second-order valence-corrected chi connectivity index (χ2v) is 8.80. The minimum atomic E-state index is -0.345. The van der Waals surface area contributed by atoms with Crippen molar-refractivity contribution >= 4 is 16.8 Å². The first-order valence-corrected chi connectivity index (χ1v) is 10.6. The molecular formula is C22H28FN3O3. The zero-order valence-corrected chi connectivity index (χ0v) is 16.7. The van der Waals surface area contributed by atoms with Crippen molar-refractivity contribution in [2.75, 3.05) is 39.4 Å². The van der Waals surface area contributed by atoms with Gasteiger partial charge in [0.05, 0.1) is 19.3 Å². The van der Waals surface area contributed by atoms with E-state index < -0.39 is 0 Å². The van der Waals surface area contributed by atoms with Crippen molar-refractivity contribution in [2.45, 2.75) is 31.9 Å². The molecule has 2 aliphatic heterocycles. The Bertz CT molecular complexity index is 923. The minimum Gasteiger partial charge on any atom is -0.391 e. The van der Waals surface area contributed by atoms with Crippen LogP contribution in [0.5, 0.6) is 0 Å². The summed E-state index contributed by atoms with van der Waals surface area (Å²) in [4.78, 5) is 20.7. The van der Waals surface area contributed by atoms with Crippen molar-refractivity contribution < 1.29 is 19.0 Å². The number of aliphatic hydroxyl groups is 1. The molecule has 2 aromatic rings. The molecule has 29 heavy (non-hydrogen) atoms. The second-order valence-electron chi connectivity index (χ2n) is 8.80. The summed E-state index contributed by atoms with van der Waals surface area (Å²) in [6.07, 6.45) is 1.32. The van der Waals surface area contributed by atoms with E-state index in [2.05, 4.69) is 9.88 Å². The standard InChI is InChI=1S/C22H28FN3O3/c1-13-17-10-16(23)2-3-18(17)24-21(13)22(28)26-11-14-8-19(20(27)9-15(14)12-26)25-4-6-29-7-5-25/h2-3,10,14-15,19-20,24,27H,4-9,11-12H2,1H3/t14-,15+,19-,20-/m1/s1. The molecule has 3 aliphatic rings. The second kappa shape index (κ2) is 7.38. The highest BCUT2D eigenvalue weighted by Gasteiger charge is 2.45. The Morgan fingerprint density at radius 3 is 2.69 bits per heavy atom. The van der Waals surface area contributed by atoms with Crippen molar-refractivity contribution in [2.24, 2.45) is 11.8 Å². The predicted octanol–water partition coefficient (Wildman–Crippen LogP) is 2.16. The maximum atomic E-state index is 13.6. The Kier molecular flexibility index (Phi) is 4.84. The molecule has 7 heteroatoms. The van der Waals surface area contributed by atoms with Gasteiger partial charge in [0.1, 0.15) is 11.5 Å². The number of hydrogen-bond donors (Lipinski definition) is 2. The van der Waals surface area contributed by atoms with E-state index in [9.17, 15) is 14.3 Å². The first-order valence-electron chi connectivity index (χ1n) is 10.6. The van der Waals surface area contributed by atoms with Gasteiger partial charge in [-0.05, 0) is 55.4 Å². The molecule has 0 radical (unpaired) electrons. The van der Waals surface area contributed by atoms with Crippen LogP contribution in [0.25, 0.3) is 10.9 Å². The lowest BCUT2D eigenvalue weighted by Gasteiger charge is -2.43. The average molecular weight is 401 g/mol. The SMILES string of the molecule is Cc1c(C(=O)N2C[C@H]3C[C@@H](N4CCOCC4)[C@H](O)C[C@H]3C2)[nH]c2ccc(F)cc12. The Morgan fingerprint density at radius 2 is 1.93 bits per heavy atom. The molecule has 2 N–H and O–H groups in total. The average Bonchev–Trinajstić information content (AvgIpc) is 3.28.